The van der Waals surface area contributed by atoms with Crippen molar-refractivity contribution in [3.8, 4) is 0 Å². The Morgan fingerprint density at radius 1 is 1.32 bits per heavy atom. The fourth-order valence-electron chi connectivity index (χ4n) is 2.67. The van der Waals surface area contributed by atoms with E-state index in [0.29, 0.717) is 20.6 Å². The molecular weight excluding hydrogens is 364 g/mol. The van der Waals surface area contributed by atoms with Crippen LogP contribution in [0.4, 0.5) is 5.00 Å². The monoisotopic (exact) mass is 386 g/mol. The molecule has 2 atom stereocenters. The van der Waals surface area contributed by atoms with Crippen LogP contribution in [0.5, 0.6) is 0 Å². The number of methoxy groups -OCH3 is 2. The number of anilines is 1. The van der Waals surface area contributed by atoms with Crippen LogP contribution >= 0.6 is 23.6 Å². The predicted molar refractivity (Wildman–Crippen MR) is 99.5 cm³/mol. The third kappa shape index (κ3) is 4.47. The summed E-state index contributed by atoms with van der Waals surface area (Å²) < 4.78 is 15.2. The molecule has 2 heterocycles. The van der Waals surface area contributed by atoms with Crippen molar-refractivity contribution in [3.63, 3.8) is 0 Å². The molecule has 0 aromatic carbocycles. The lowest BCUT2D eigenvalue weighted by Gasteiger charge is -2.21. The number of rotatable bonds is 5. The fourth-order valence-corrected chi connectivity index (χ4v) is 4.14. The number of esters is 2. The van der Waals surface area contributed by atoms with Crippen LogP contribution in [-0.2, 0) is 14.2 Å². The SMILES string of the molecule is COC(=O)c1sc(NC(=S)NC(C)C2CCCO2)c(C(=O)OC)c1C. The van der Waals surface area contributed by atoms with E-state index in [-0.39, 0.29) is 17.7 Å². The molecule has 0 aliphatic carbocycles. The summed E-state index contributed by atoms with van der Waals surface area (Å²) in [6, 6.07) is 0.0326. The van der Waals surface area contributed by atoms with Crippen LogP contribution in [0.3, 0.4) is 0 Å². The number of carbonyl (C=O) groups is 2. The van der Waals surface area contributed by atoms with Gasteiger partial charge >= 0.3 is 11.9 Å². The summed E-state index contributed by atoms with van der Waals surface area (Å²) in [4.78, 5) is 24.3. The lowest BCUT2D eigenvalue weighted by atomic mass is 10.1. The van der Waals surface area contributed by atoms with Crippen LogP contribution in [0.2, 0.25) is 0 Å². The topological polar surface area (TPSA) is 85.9 Å². The quantitative estimate of drug-likeness (QED) is 0.590. The van der Waals surface area contributed by atoms with Gasteiger partial charge in [0, 0.05) is 6.61 Å². The first-order valence-electron chi connectivity index (χ1n) is 7.88. The summed E-state index contributed by atoms with van der Waals surface area (Å²) in [5.41, 5.74) is 0.781. The summed E-state index contributed by atoms with van der Waals surface area (Å²) in [6.07, 6.45) is 2.13. The Bertz CT molecular complexity index is 668. The standard InChI is InChI=1S/C16H22N2O5S2/c1-8-11(14(19)21-3)13(25-12(8)15(20)22-4)18-16(24)17-9(2)10-6-5-7-23-10/h9-10H,5-7H2,1-4H3,(H2,17,18,24). The van der Waals surface area contributed by atoms with Crippen molar-refractivity contribution in [2.75, 3.05) is 26.1 Å². The van der Waals surface area contributed by atoms with E-state index >= 15 is 0 Å². The van der Waals surface area contributed by atoms with E-state index in [1.165, 1.54) is 14.2 Å². The van der Waals surface area contributed by atoms with Crippen molar-refractivity contribution in [2.24, 2.45) is 0 Å². The molecule has 1 saturated heterocycles. The summed E-state index contributed by atoms with van der Waals surface area (Å²) in [5, 5.41) is 6.95. The minimum atomic E-state index is -0.540. The number of ether oxygens (including phenoxy) is 3. The van der Waals surface area contributed by atoms with Gasteiger partial charge in [-0.15, -0.1) is 11.3 Å². The molecule has 0 radical (unpaired) electrons. The molecule has 0 amide bonds. The van der Waals surface area contributed by atoms with Crippen LogP contribution in [0.25, 0.3) is 0 Å². The molecule has 0 bridgehead atoms. The summed E-state index contributed by atoms with van der Waals surface area (Å²) in [7, 11) is 2.58. The Kier molecular flexibility index (Phi) is 6.74. The zero-order valence-electron chi connectivity index (χ0n) is 14.6. The van der Waals surface area contributed by atoms with Gasteiger partial charge < -0.3 is 24.8 Å². The Balaban J connectivity index is 2.17. The number of hydrogen-bond donors (Lipinski definition) is 2. The van der Waals surface area contributed by atoms with Crippen molar-refractivity contribution in [1.82, 2.24) is 5.32 Å². The molecule has 1 aliphatic rings. The van der Waals surface area contributed by atoms with Gasteiger partial charge in [0.2, 0.25) is 0 Å². The number of thiocarbonyl (C=S) groups is 1. The Hall–Kier alpha value is -1.71. The van der Waals surface area contributed by atoms with E-state index in [4.69, 9.17) is 26.4 Å². The molecule has 9 heteroatoms. The van der Waals surface area contributed by atoms with Gasteiger partial charge in [0.25, 0.3) is 0 Å². The lowest BCUT2D eigenvalue weighted by molar-refractivity contribution is 0.0601. The zero-order chi connectivity index (χ0) is 18.6. The van der Waals surface area contributed by atoms with E-state index in [0.717, 1.165) is 30.8 Å². The molecule has 0 saturated carbocycles. The molecule has 7 nitrogen and oxygen atoms in total. The van der Waals surface area contributed by atoms with Crippen molar-refractivity contribution < 1.29 is 23.8 Å². The maximum atomic E-state index is 12.1. The molecule has 2 unspecified atom stereocenters. The molecule has 25 heavy (non-hydrogen) atoms. The van der Waals surface area contributed by atoms with E-state index < -0.39 is 11.9 Å². The van der Waals surface area contributed by atoms with Crippen molar-refractivity contribution >= 4 is 45.6 Å². The van der Waals surface area contributed by atoms with Gasteiger partial charge in [-0.1, -0.05) is 0 Å². The van der Waals surface area contributed by atoms with Gasteiger partial charge in [-0.25, -0.2) is 9.59 Å². The number of nitrogens with one attached hydrogen (secondary N) is 2. The fraction of sp³-hybridized carbons (Fsp3) is 0.562. The first kappa shape index (κ1) is 19.6. The second kappa shape index (κ2) is 8.59. The smallest absolute Gasteiger partial charge is 0.348 e. The molecule has 138 valence electrons. The van der Waals surface area contributed by atoms with Gasteiger partial charge in [0.05, 0.1) is 31.9 Å². The van der Waals surface area contributed by atoms with Crippen LogP contribution in [0, 0.1) is 6.92 Å². The highest BCUT2D eigenvalue weighted by Gasteiger charge is 2.27. The lowest BCUT2D eigenvalue weighted by Crippen LogP contribution is -2.42. The number of thiophene rings is 1. The van der Waals surface area contributed by atoms with E-state index in [1.807, 2.05) is 6.92 Å². The second-order valence-corrected chi connectivity index (χ2v) is 7.11. The van der Waals surface area contributed by atoms with Crippen LogP contribution in [-0.4, -0.2) is 50.0 Å². The zero-order valence-corrected chi connectivity index (χ0v) is 16.3. The molecule has 1 fully saturated rings. The Morgan fingerprint density at radius 3 is 2.56 bits per heavy atom. The highest BCUT2D eigenvalue weighted by Crippen LogP contribution is 2.34. The van der Waals surface area contributed by atoms with Gasteiger partial charge in [0.1, 0.15) is 9.88 Å². The molecule has 1 aromatic rings. The molecular formula is C16H22N2O5S2. The van der Waals surface area contributed by atoms with E-state index in [9.17, 15) is 9.59 Å². The highest BCUT2D eigenvalue weighted by molar-refractivity contribution is 7.80. The molecule has 2 rings (SSSR count). The number of carbonyl (C=O) groups excluding carboxylic acids is 2. The average Bonchev–Trinajstić information content (AvgIpc) is 3.22. The Morgan fingerprint density at radius 2 is 2.00 bits per heavy atom. The molecule has 2 N–H and O–H groups in total. The summed E-state index contributed by atoms with van der Waals surface area (Å²) in [5.74, 6) is -1.05. The van der Waals surface area contributed by atoms with Gasteiger partial charge in [-0.3, -0.25) is 0 Å². The second-order valence-electron chi connectivity index (χ2n) is 5.68. The van der Waals surface area contributed by atoms with E-state index in [2.05, 4.69) is 10.6 Å². The predicted octanol–water partition coefficient (Wildman–Crippen LogP) is 2.48. The third-order valence-corrected chi connectivity index (χ3v) is 5.42. The van der Waals surface area contributed by atoms with Gasteiger partial charge in [-0.2, -0.15) is 0 Å². The molecule has 1 aliphatic heterocycles. The van der Waals surface area contributed by atoms with Gasteiger partial charge in [0.15, 0.2) is 5.11 Å². The normalized spacial score (nSPS) is 17.7. The Labute approximate surface area is 156 Å². The average molecular weight is 386 g/mol. The summed E-state index contributed by atoms with van der Waals surface area (Å²) >= 11 is 6.44. The third-order valence-electron chi connectivity index (χ3n) is 4.02. The number of hydrogen-bond acceptors (Lipinski definition) is 7. The van der Waals surface area contributed by atoms with Crippen molar-refractivity contribution in [2.45, 2.75) is 38.8 Å². The maximum Gasteiger partial charge on any atom is 0.348 e. The van der Waals surface area contributed by atoms with Gasteiger partial charge in [-0.05, 0) is 44.5 Å². The first-order valence-corrected chi connectivity index (χ1v) is 9.10. The minimum absolute atomic E-state index is 0.0326. The molecule has 1 aromatic heterocycles. The summed E-state index contributed by atoms with van der Waals surface area (Å²) in [6.45, 7) is 4.42. The maximum absolute atomic E-state index is 12.1. The largest absolute Gasteiger partial charge is 0.465 e. The minimum Gasteiger partial charge on any atom is -0.465 e. The first-order chi connectivity index (χ1) is 11.9. The van der Waals surface area contributed by atoms with E-state index in [1.54, 1.807) is 6.92 Å². The van der Waals surface area contributed by atoms with Crippen molar-refractivity contribution in [1.29, 1.82) is 0 Å². The highest BCUT2D eigenvalue weighted by atomic mass is 32.1. The van der Waals surface area contributed by atoms with Crippen molar-refractivity contribution in [3.05, 3.63) is 16.0 Å². The van der Waals surface area contributed by atoms with Crippen LogP contribution in [0.1, 0.15) is 45.4 Å². The molecule has 0 spiro atoms. The van der Waals surface area contributed by atoms with Crippen LogP contribution in [0.15, 0.2) is 0 Å². The van der Waals surface area contributed by atoms with Crippen LogP contribution < -0.4 is 10.6 Å².